The first-order chi connectivity index (χ1) is 20.4. The van der Waals surface area contributed by atoms with E-state index in [-0.39, 0.29) is 72.7 Å². The summed E-state index contributed by atoms with van der Waals surface area (Å²) in [6, 6.07) is 39.9. The van der Waals surface area contributed by atoms with Crippen LogP contribution in [0.15, 0.2) is 126 Å². The molecular weight excluding hydrogens is 679 g/mol. The van der Waals surface area contributed by atoms with E-state index >= 15 is 0 Å². The molecule has 0 nitrogen and oxygen atoms in total. The van der Waals surface area contributed by atoms with Crippen molar-refractivity contribution in [2.24, 2.45) is 21.7 Å². The Kier molecular flexibility index (Phi) is 13.9. The predicted molar refractivity (Wildman–Crippen MR) is 185 cm³/mol. The summed E-state index contributed by atoms with van der Waals surface area (Å²) in [4.78, 5) is 0. The normalized spacial score (nSPS) is 22.3. The smallest absolute Gasteiger partial charge is 1.00 e. The van der Waals surface area contributed by atoms with Gasteiger partial charge in [0, 0.05) is 0 Å². The zero-order valence-corrected chi connectivity index (χ0v) is 33.0. The van der Waals surface area contributed by atoms with Gasteiger partial charge in [0.15, 0.2) is 0 Å². The third-order valence-corrected chi connectivity index (χ3v) is 12.3. The third-order valence-electron chi connectivity index (χ3n) is 12.3. The number of hydrogen-bond donors (Lipinski definition) is 0. The Labute approximate surface area is 312 Å². The minimum atomic E-state index is 0. The summed E-state index contributed by atoms with van der Waals surface area (Å²) in [5.41, 5.74) is 10.2. The van der Waals surface area contributed by atoms with E-state index in [1.807, 2.05) is 42.5 Å². The summed E-state index contributed by atoms with van der Waals surface area (Å²) in [5, 5.41) is 0. The summed E-state index contributed by atoms with van der Waals surface area (Å²) in [6.07, 6.45) is 5.98. The monoisotopic (exact) mass is 727 g/mol. The first-order valence-corrected chi connectivity index (χ1v) is 16.2. The van der Waals surface area contributed by atoms with E-state index in [1.165, 1.54) is 30.4 Å². The fourth-order valence-corrected chi connectivity index (χ4v) is 8.20. The predicted octanol–water partition coefficient (Wildman–Crippen LogP) is 5.81. The molecule has 0 saturated heterocycles. The van der Waals surface area contributed by atoms with Crippen molar-refractivity contribution in [2.45, 2.75) is 80.6 Å². The zero-order chi connectivity index (χ0) is 30.9. The molecule has 2 unspecified atom stereocenters. The maximum Gasteiger partial charge on any atom is 2.00 e. The maximum absolute atomic E-state index is 2.58. The van der Waals surface area contributed by atoms with E-state index < -0.39 is 0 Å². The van der Waals surface area contributed by atoms with Crippen LogP contribution in [-0.2, 0) is 32.6 Å². The topological polar surface area (TPSA) is 0 Å². The van der Waals surface area contributed by atoms with Crippen molar-refractivity contribution in [3.8, 4) is 0 Å². The van der Waals surface area contributed by atoms with Gasteiger partial charge in [-0.15, -0.1) is 48.7 Å². The van der Waals surface area contributed by atoms with Crippen molar-refractivity contribution in [3.05, 3.63) is 161 Å². The number of hydrogen-bond acceptors (Lipinski definition) is 0. The van der Waals surface area contributed by atoms with Gasteiger partial charge in [-0.1, -0.05) is 144 Å². The summed E-state index contributed by atoms with van der Waals surface area (Å²) in [6.45, 7) is 20.1. The molecule has 3 aliphatic carbocycles. The molecule has 1 fully saturated rings. The quantitative estimate of drug-likeness (QED) is 0.229. The molecule has 4 aromatic rings. The molecule has 2 atom stereocenters. The van der Waals surface area contributed by atoms with Crippen LogP contribution in [-0.4, -0.2) is 0 Å². The third kappa shape index (κ3) is 7.19. The SMILES string of the molecule is C[C-]1C2=C3Cc4ccccc4C3CCC2(C)C(C)(C)C(C)(C)C1(C)C.[Cl-].[Cl-].[Zr+2].c1cc[cH-]c1.c1ccc([CH-]c2ccccc2)cc1. The molecule has 0 aliphatic heterocycles. The van der Waals surface area contributed by atoms with Crippen molar-refractivity contribution in [3.63, 3.8) is 0 Å². The van der Waals surface area contributed by atoms with Crippen LogP contribution in [0.2, 0.25) is 0 Å². The molecular formula is C43H51Cl2Zr-3. The minimum absolute atomic E-state index is 0. The molecule has 1 saturated carbocycles. The van der Waals surface area contributed by atoms with E-state index in [9.17, 15) is 0 Å². The Morgan fingerprint density at radius 2 is 1.17 bits per heavy atom. The number of benzene rings is 3. The van der Waals surface area contributed by atoms with Gasteiger partial charge in [-0.3, -0.25) is 0 Å². The van der Waals surface area contributed by atoms with Gasteiger partial charge in [-0.25, -0.2) is 29.2 Å². The first kappa shape index (κ1) is 40.1. The molecule has 46 heavy (non-hydrogen) atoms. The summed E-state index contributed by atoms with van der Waals surface area (Å²) in [5.74, 6) is 2.33. The molecule has 0 spiro atoms. The Bertz CT molecular complexity index is 1460. The van der Waals surface area contributed by atoms with Crippen molar-refractivity contribution in [1.82, 2.24) is 0 Å². The van der Waals surface area contributed by atoms with Crippen LogP contribution in [0.25, 0.3) is 0 Å². The average Bonchev–Trinajstić information content (AvgIpc) is 3.70. The second kappa shape index (κ2) is 15.9. The molecule has 0 N–H and O–H groups in total. The first-order valence-electron chi connectivity index (χ1n) is 16.2. The molecule has 0 aromatic heterocycles. The van der Waals surface area contributed by atoms with Crippen molar-refractivity contribution >= 4 is 0 Å². The van der Waals surface area contributed by atoms with Gasteiger partial charge in [-0.2, -0.15) is 18.2 Å². The molecule has 7 rings (SSSR count). The Morgan fingerprint density at radius 1 is 0.674 bits per heavy atom. The fourth-order valence-electron chi connectivity index (χ4n) is 8.20. The molecule has 3 aliphatic rings. The number of halogens is 2. The standard InChI is InChI=1S/C25H35.C13H11.C5H5.2ClH.Zr/c1-16-21-20-15-17-11-9-10-12-18(17)19(20)13-14-25(21,8)24(6,7)23(4,5)22(16,2)3;1-3-7-12(8-4-1)11-13-9-5-2-6-10-13;1-2-4-5-3-1;;;/h9-12,19H,13-15H2,1-8H3;1-11H;1-5H;2*1H;/q3*-1;;;+2/p-2. The summed E-state index contributed by atoms with van der Waals surface area (Å²) >= 11 is 0. The Hall–Kier alpha value is -2.05. The molecule has 244 valence electrons. The van der Waals surface area contributed by atoms with Crippen molar-refractivity contribution in [2.75, 3.05) is 0 Å². The van der Waals surface area contributed by atoms with Crippen molar-refractivity contribution in [1.29, 1.82) is 0 Å². The fraction of sp³-hybridized carbons (Fsp3) is 0.372. The van der Waals surface area contributed by atoms with Crippen LogP contribution >= 0.6 is 0 Å². The molecule has 4 aromatic carbocycles. The van der Waals surface area contributed by atoms with Gasteiger partial charge in [0.1, 0.15) is 0 Å². The summed E-state index contributed by atoms with van der Waals surface area (Å²) < 4.78 is 0. The molecule has 0 radical (unpaired) electrons. The second-order valence-electron chi connectivity index (χ2n) is 14.6. The van der Waals surface area contributed by atoms with Crippen LogP contribution in [0.3, 0.4) is 0 Å². The van der Waals surface area contributed by atoms with E-state index in [2.05, 4.69) is 135 Å². The Morgan fingerprint density at radius 3 is 1.67 bits per heavy atom. The van der Waals surface area contributed by atoms with Crippen LogP contribution < -0.4 is 24.8 Å². The van der Waals surface area contributed by atoms with E-state index in [0.29, 0.717) is 5.92 Å². The molecule has 3 heteroatoms. The van der Waals surface area contributed by atoms with Crippen LogP contribution in [0.4, 0.5) is 0 Å². The van der Waals surface area contributed by atoms with E-state index in [0.717, 1.165) is 0 Å². The van der Waals surface area contributed by atoms with Gasteiger partial charge in [0.2, 0.25) is 0 Å². The van der Waals surface area contributed by atoms with Crippen LogP contribution in [0, 0.1) is 34.0 Å². The number of fused-ring (bicyclic) bond motifs is 4. The van der Waals surface area contributed by atoms with Gasteiger partial charge in [0.25, 0.3) is 0 Å². The average molecular weight is 730 g/mol. The zero-order valence-electron chi connectivity index (χ0n) is 29.0. The number of rotatable bonds is 2. The Balaban J connectivity index is 0.000000294. The number of allylic oxidation sites excluding steroid dienone is 2. The van der Waals surface area contributed by atoms with Crippen molar-refractivity contribution < 1.29 is 51.0 Å². The van der Waals surface area contributed by atoms with E-state index in [4.69, 9.17) is 0 Å². The maximum atomic E-state index is 2.58. The van der Waals surface area contributed by atoms with Gasteiger partial charge in [-0.05, 0) is 22.7 Å². The molecule has 0 bridgehead atoms. The van der Waals surface area contributed by atoms with Gasteiger partial charge in [0.05, 0.1) is 0 Å². The van der Waals surface area contributed by atoms with E-state index in [1.54, 1.807) is 28.2 Å². The van der Waals surface area contributed by atoms with Gasteiger partial charge >= 0.3 is 26.2 Å². The minimum Gasteiger partial charge on any atom is -1.00 e. The summed E-state index contributed by atoms with van der Waals surface area (Å²) in [7, 11) is 0. The van der Waals surface area contributed by atoms with Crippen LogP contribution in [0.5, 0.6) is 0 Å². The largest absolute Gasteiger partial charge is 2.00 e. The van der Waals surface area contributed by atoms with Gasteiger partial charge < -0.3 is 24.8 Å². The second-order valence-corrected chi connectivity index (χ2v) is 14.6. The van der Waals surface area contributed by atoms with Crippen LogP contribution in [0.1, 0.15) is 96.4 Å². The molecule has 0 amide bonds. The molecule has 0 heterocycles.